The van der Waals surface area contributed by atoms with Gasteiger partial charge < -0.3 is 10.1 Å². The molecule has 0 aliphatic carbocycles. The van der Waals surface area contributed by atoms with Crippen LogP contribution in [0.2, 0.25) is 0 Å². The average Bonchev–Trinajstić information content (AvgIpc) is 2.56. The van der Waals surface area contributed by atoms with Crippen LogP contribution in [0.25, 0.3) is 0 Å². The minimum atomic E-state index is 0.629. The fourth-order valence-corrected chi connectivity index (χ4v) is 3.42. The highest BCUT2D eigenvalue weighted by molar-refractivity contribution is 9.10. The summed E-state index contributed by atoms with van der Waals surface area (Å²) < 4.78 is 7.04. The van der Waals surface area contributed by atoms with Gasteiger partial charge in [0.25, 0.3) is 0 Å². The molecule has 1 atom stereocenters. The summed E-state index contributed by atoms with van der Waals surface area (Å²) in [6, 6.07) is 17.0. The van der Waals surface area contributed by atoms with E-state index in [1.165, 1.54) is 24.0 Å². The first-order valence-electron chi connectivity index (χ1n) is 7.97. The van der Waals surface area contributed by atoms with Crippen molar-refractivity contribution in [2.75, 3.05) is 19.7 Å². The molecule has 2 aromatic rings. The van der Waals surface area contributed by atoms with E-state index in [1.807, 2.05) is 0 Å². The molecule has 2 nitrogen and oxygen atoms in total. The van der Waals surface area contributed by atoms with Gasteiger partial charge in [0, 0.05) is 12.5 Å². The Bertz CT molecular complexity index is 594. The number of piperidine rings is 1. The zero-order chi connectivity index (χ0) is 15.2. The van der Waals surface area contributed by atoms with Crippen molar-refractivity contribution in [3.8, 4) is 5.75 Å². The van der Waals surface area contributed by atoms with Crippen molar-refractivity contribution in [2.24, 2.45) is 5.92 Å². The number of hydrogen-bond acceptors (Lipinski definition) is 2. The lowest BCUT2D eigenvalue weighted by Gasteiger charge is -2.23. The third-order valence-corrected chi connectivity index (χ3v) is 4.74. The second-order valence-corrected chi connectivity index (χ2v) is 6.80. The van der Waals surface area contributed by atoms with Crippen molar-refractivity contribution >= 4 is 15.9 Å². The number of rotatable bonds is 5. The summed E-state index contributed by atoms with van der Waals surface area (Å²) in [4.78, 5) is 0. The molecule has 0 radical (unpaired) electrons. The highest BCUT2D eigenvalue weighted by atomic mass is 79.9. The van der Waals surface area contributed by atoms with E-state index in [4.69, 9.17) is 4.74 Å². The van der Waals surface area contributed by atoms with Crippen molar-refractivity contribution < 1.29 is 4.74 Å². The third-order valence-electron chi connectivity index (χ3n) is 4.12. The molecular weight excluding hydrogens is 338 g/mol. The maximum absolute atomic E-state index is 5.99. The van der Waals surface area contributed by atoms with E-state index in [0.29, 0.717) is 5.92 Å². The maximum atomic E-state index is 5.99. The van der Waals surface area contributed by atoms with E-state index in [-0.39, 0.29) is 0 Å². The molecule has 0 bridgehead atoms. The number of benzene rings is 2. The van der Waals surface area contributed by atoms with Crippen molar-refractivity contribution in [1.29, 1.82) is 0 Å². The first-order chi connectivity index (χ1) is 10.8. The van der Waals surface area contributed by atoms with Gasteiger partial charge in [-0.05, 0) is 65.0 Å². The molecule has 1 saturated heterocycles. The van der Waals surface area contributed by atoms with Crippen molar-refractivity contribution in [3.63, 3.8) is 0 Å². The van der Waals surface area contributed by atoms with Crippen molar-refractivity contribution in [2.45, 2.75) is 19.3 Å². The number of nitrogens with one attached hydrogen (secondary N) is 1. The first kappa shape index (κ1) is 15.6. The van der Waals surface area contributed by atoms with Crippen LogP contribution in [0.3, 0.4) is 0 Å². The molecule has 1 heterocycles. The lowest BCUT2D eigenvalue weighted by atomic mass is 10.0. The van der Waals surface area contributed by atoms with E-state index in [9.17, 15) is 0 Å². The van der Waals surface area contributed by atoms with Crippen LogP contribution in [-0.2, 0) is 6.42 Å². The zero-order valence-corrected chi connectivity index (χ0v) is 14.3. The number of ether oxygens (including phenoxy) is 1. The molecule has 0 aromatic heterocycles. The lowest BCUT2D eigenvalue weighted by molar-refractivity contribution is 0.217. The predicted molar refractivity (Wildman–Crippen MR) is 94.5 cm³/mol. The topological polar surface area (TPSA) is 21.3 Å². The Morgan fingerprint density at radius 3 is 2.68 bits per heavy atom. The van der Waals surface area contributed by atoms with Gasteiger partial charge >= 0.3 is 0 Å². The van der Waals surface area contributed by atoms with Gasteiger partial charge in [0.1, 0.15) is 5.75 Å². The summed E-state index contributed by atoms with van der Waals surface area (Å²) in [5.41, 5.74) is 2.63. The Morgan fingerprint density at radius 1 is 1.09 bits per heavy atom. The molecule has 116 valence electrons. The third kappa shape index (κ3) is 4.34. The second kappa shape index (κ2) is 7.80. The smallest absolute Gasteiger partial charge is 0.133 e. The van der Waals surface area contributed by atoms with E-state index in [0.717, 1.165) is 36.3 Å². The molecule has 1 aliphatic rings. The molecule has 3 rings (SSSR count). The van der Waals surface area contributed by atoms with Gasteiger partial charge in [0.15, 0.2) is 0 Å². The molecule has 22 heavy (non-hydrogen) atoms. The first-order valence-corrected chi connectivity index (χ1v) is 8.76. The standard InChI is InChI=1S/C19H22BrNO/c20-18-12-16(11-15-5-2-1-3-6-15)8-9-19(18)22-14-17-7-4-10-21-13-17/h1-3,5-6,8-9,12,17,21H,4,7,10-11,13-14H2/t17-/m1/s1. The van der Waals surface area contributed by atoms with Crippen LogP contribution in [0.5, 0.6) is 5.75 Å². The SMILES string of the molecule is Brc1cc(Cc2ccccc2)ccc1OC[C@@H]1CCCNC1. The Labute approximate surface area is 141 Å². The molecule has 1 fully saturated rings. The van der Waals surface area contributed by atoms with Crippen LogP contribution in [0.4, 0.5) is 0 Å². The van der Waals surface area contributed by atoms with Crippen LogP contribution in [0, 0.1) is 5.92 Å². The van der Waals surface area contributed by atoms with Crippen molar-refractivity contribution in [3.05, 3.63) is 64.1 Å². The largest absolute Gasteiger partial charge is 0.492 e. The summed E-state index contributed by atoms with van der Waals surface area (Å²) in [6.07, 6.45) is 3.47. The molecule has 3 heteroatoms. The fourth-order valence-electron chi connectivity index (χ4n) is 2.88. The van der Waals surface area contributed by atoms with Gasteiger partial charge in [0.05, 0.1) is 11.1 Å². The fraction of sp³-hybridized carbons (Fsp3) is 0.368. The highest BCUT2D eigenvalue weighted by Gasteiger charge is 2.14. The summed E-state index contributed by atoms with van der Waals surface area (Å²) in [5.74, 6) is 1.58. The summed E-state index contributed by atoms with van der Waals surface area (Å²) in [5, 5.41) is 3.43. The van der Waals surface area contributed by atoms with Gasteiger partial charge in [0.2, 0.25) is 0 Å². The van der Waals surface area contributed by atoms with E-state index >= 15 is 0 Å². The normalized spacial score (nSPS) is 18.1. The maximum Gasteiger partial charge on any atom is 0.133 e. The molecule has 2 aromatic carbocycles. The van der Waals surface area contributed by atoms with Gasteiger partial charge in [-0.15, -0.1) is 0 Å². The predicted octanol–water partition coefficient (Wildman–Crippen LogP) is 4.42. The molecule has 0 saturated carbocycles. The number of halogens is 1. The Morgan fingerprint density at radius 2 is 1.95 bits per heavy atom. The minimum absolute atomic E-state index is 0.629. The number of hydrogen-bond donors (Lipinski definition) is 1. The summed E-state index contributed by atoms with van der Waals surface area (Å²) in [7, 11) is 0. The van der Waals surface area contributed by atoms with Crippen LogP contribution in [0.1, 0.15) is 24.0 Å². The van der Waals surface area contributed by atoms with E-state index in [2.05, 4.69) is 69.8 Å². The van der Waals surface area contributed by atoms with E-state index < -0.39 is 0 Å². The van der Waals surface area contributed by atoms with Gasteiger partial charge in [-0.3, -0.25) is 0 Å². The Kier molecular flexibility index (Phi) is 5.52. The summed E-state index contributed by atoms with van der Waals surface area (Å²) in [6.45, 7) is 3.02. The molecule has 0 spiro atoms. The van der Waals surface area contributed by atoms with E-state index in [1.54, 1.807) is 0 Å². The molecule has 0 amide bonds. The molecule has 0 unspecified atom stereocenters. The van der Waals surface area contributed by atoms with Crippen LogP contribution in [-0.4, -0.2) is 19.7 Å². The molecular formula is C19H22BrNO. The van der Waals surface area contributed by atoms with Crippen LogP contribution < -0.4 is 10.1 Å². The Balaban J connectivity index is 1.59. The minimum Gasteiger partial charge on any atom is -0.492 e. The molecule has 1 aliphatic heterocycles. The summed E-state index contributed by atoms with van der Waals surface area (Å²) >= 11 is 3.64. The van der Waals surface area contributed by atoms with Crippen LogP contribution >= 0.6 is 15.9 Å². The van der Waals surface area contributed by atoms with Gasteiger partial charge in [-0.25, -0.2) is 0 Å². The van der Waals surface area contributed by atoms with Gasteiger partial charge in [-0.2, -0.15) is 0 Å². The van der Waals surface area contributed by atoms with Gasteiger partial charge in [-0.1, -0.05) is 36.4 Å². The lowest BCUT2D eigenvalue weighted by Crippen LogP contribution is -2.33. The van der Waals surface area contributed by atoms with Crippen LogP contribution in [0.15, 0.2) is 53.0 Å². The quantitative estimate of drug-likeness (QED) is 0.852. The Hall–Kier alpha value is -1.32. The molecule has 1 N–H and O–H groups in total. The average molecular weight is 360 g/mol. The zero-order valence-electron chi connectivity index (χ0n) is 12.7. The second-order valence-electron chi connectivity index (χ2n) is 5.95. The highest BCUT2D eigenvalue weighted by Crippen LogP contribution is 2.28. The monoisotopic (exact) mass is 359 g/mol. The van der Waals surface area contributed by atoms with Crippen molar-refractivity contribution in [1.82, 2.24) is 5.32 Å².